The quantitative estimate of drug-likeness (QED) is 0.756. The van der Waals surface area contributed by atoms with Crippen molar-refractivity contribution in [1.29, 1.82) is 0 Å². The molecule has 1 aromatic rings. The minimum atomic E-state index is -0.349. The summed E-state index contributed by atoms with van der Waals surface area (Å²) < 4.78 is 9.07. The molecule has 0 aromatic carbocycles. The molecular formula is C11H12O4S. The summed E-state index contributed by atoms with van der Waals surface area (Å²) in [7, 11) is 2.69. The molecule has 0 unspecified atom stereocenters. The lowest BCUT2D eigenvalue weighted by Gasteiger charge is -1.92. The number of hydrogen-bond acceptors (Lipinski definition) is 5. The van der Waals surface area contributed by atoms with E-state index in [4.69, 9.17) is 0 Å². The number of rotatable bonds is 4. The summed E-state index contributed by atoms with van der Waals surface area (Å²) >= 11 is 1.30. The zero-order valence-electron chi connectivity index (χ0n) is 9.06. The van der Waals surface area contributed by atoms with Gasteiger partial charge in [0.05, 0.1) is 20.6 Å². The van der Waals surface area contributed by atoms with E-state index in [1.165, 1.54) is 25.6 Å². The fraction of sp³-hybridized carbons (Fsp3) is 0.273. The third-order valence-electron chi connectivity index (χ3n) is 1.83. The first kappa shape index (κ1) is 12.4. The molecule has 0 atom stereocenters. The van der Waals surface area contributed by atoms with Crippen LogP contribution in [0.3, 0.4) is 0 Å². The normalized spacial score (nSPS) is 10.4. The smallest absolute Gasteiger partial charge is 0.348 e. The summed E-state index contributed by atoms with van der Waals surface area (Å²) in [6, 6.07) is 1.71. The highest BCUT2D eigenvalue weighted by atomic mass is 32.1. The number of methoxy groups -OCH3 is 2. The summed E-state index contributed by atoms with van der Waals surface area (Å²) in [5.74, 6) is -0.641. The summed E-state index contributed by atoms with van der Waals surface area (Å²) in [6.07, 6.45) is 3.68. The van der Waals surface area contributed by atoms with Crippen molar-refractivity contribution in [2.45, 2.75) is 6.42 Å². The summed E-state index contributed by atoms with van der Waals surface area (Å²) in [5, 5.41) is 1.82. The monoisotopic (exact) mass is 240 g/mol. The SMILES string of the molecule is COC(=O)CC=Cc1csc(C(=O)OC)c1. The molecular weight excluding hydrogens is 228 g/mol. The van der Waals surface area contributed by atoms with Crippen molar-refractivity contribution in [3.05, 3.63) is 28.0 Å². The van der Waals surface area contributed by atoms with Crippen LogP contribution < -0.4 is 0 Å². The number of carbonyl (C=O) groups excluding carboxylic acids is 2. The summed E-state index contributed by atoms with van der Waals surface area (Å²) in [4.78, 5) is 22.5. The first-order valence-corrected chi connectivity index (χ1v) is 5.45. The maximum atomic E-state index is 11.1. The van der Waals surface area contributed by atoms with E-state index in [0.717, 1.165) is 5.56 Å². The average Bonchev–Trinajstić information content (AvgIpc) is 2.76. The Hall–Kier alpha value is -1.62. The van der Waals surface area contributed by atoms with Crippen LogP contribution in [0.1, 0.15) is 21.7 Å². The highest BCUT2D eigenvalue weighted by molar-refractivity contribution is 7.12. The molecule has 1 rings (SSSR count). The van der Waals surface area contributed by atoms with Gasteiger partial charge in [-0.25, -0.2) is 4.79 Å². The average molecular weight is 240 g/mol. The van der Waals surface area contributed by atoms with Gasteiger partial charge in [0.2, 0.25) is 0 Å². The zero-order chi connectivity index (χ0) is 12.0. The van der Waals surface area contributed by atoms with Gasteiger partial charge in [-0.05, 0) is 17.0 Å². The number of ether oxygens (including phenoxy) is 2. The third-order valence-corrected chi connectivity index (χ3v) is 2.76. The molecule has 0 aliphatic rings. The Balaban J connectivity index is 2.58. The van der Waals surface area contributed by atoms with Gasteiger partial charge < -0.3 is 9.47 Å². The van der Waals surface area contributed by atoms with Crippen molar-refractivity contribution < 1.29 is 19.1 Å². The van der Waals surface area contributed by atoms with E-state index in [2.05, 4.69) is 9.47 Å². The molecule has 0 aliphatic heterocycles. The molecule has 1 aromatic heterocycles. The van der Waals surface area contributed by atoms with Crippen LogP contribution in [-0.4, -0.2) is 26.2 Å². The van der Waals surface area contributed by atoms with Gasteiger partial charge in [0.1, 0.15) is 4.88 Å². The number of esters is 2. The maximum absolute atomic E-state index is 11.1. The predicted molar refractivity (Wildman–Crippen MR) is 61.3 cm³/mol. The van der Waals surface area contributed by atoms with Gasteiger partial charge >= 0.3 is 11.9 Å². The lowest BCUT2D eigenvalue weighted by molar-refractivity contribution is -0.139. The van der Waals surface area contributed by atoms with E-state index in [1.54, 1.807) is 18.2 Å². The van der Waals surface area contributed by atoms with Crippen molar-refractivity contribution in [3.63, 3.8) is 0 Å². The number of thiophene rings is 1. The molecule has 0 N–H and O–H groups in total. The van der Waals surface area contributed by atoms with Gasteiger partial charge in [-0.3, -0.25) is 4.79 Å². The van der Waals surface area contributed by atoms with Gasteiger partial charge in [-0.2, -0.15) is 0 Å². The topological polar surface area (TPSA) is 52.6 Å². The first-order chi connectivity index (χ1) is 7.67. The van der Waals surface area contributed by atoms with Crippen LogP contribution in [0.25, 0.3) is 6.08 Å². The second kappa shape index (κ2) is 6.07. The lowest BCUT2D eigenvalue weighted by Crippen LogP contribution is -1.97. The Morgan fingerprint density at radius 2 is 2.12 bits per heavy atom. The molecule has 0 radical (unpaired) electrons. The Morgan fingerprint density at radius 3 is 2.75 bits per heavy atom. The van der Waals surface area contributed by atoms with Crippen LogP contribution in [0, 0.1) is 0 Å². The van der Waals surface area contributed by atoms with Crippen molar-refractivity contribution >= 4 is 29.4 Å². The molecule has 16 heavy (non-hydrogen) atoms. The van der Waals surface area contributed by atoms with Crippen LogP contribution in [0.5, 0.6) is 0 Å². The molecule has 0 bridgehead atoms. The van der Waals surface area contributed by atoms with E-state index in [9.17, 15) is 9.59 Å². The molecule has 4 nitrogen and oxygen atoms in total. The van der Waals surface area contributed by atoms with Crippen molar-refractivity contribution in [2.75, 3.05) is 14.2 Å². The molecule has 0 saturated carbocycles. The largest absolute Gasteiger partial charge is 0.469 e. The Labute approximate surface area is 97.5 Å². The van der Waals surface area contributed by atoms with Crippen LogP contribution in [0.2, 0.25) is 0 Å². The second-order valence-corrected chi connectivity index (χ2v) is 3.83. The molecule has 86 valence electrons. The van der Waals surface area contributed by atoms with Gasteiger partial charge in [0.25, 0.3) is 0 Å². The maximum Gasteiger partial charge on any atom is 0.348 e. The van der Waals surface area contributed by atoms with E-state index < -0.39 is 0 Å². The molecule has 5 heteroatoms. The van der Waals surface area contributed by atoms with Crippen molar-refractivity contribution in [2.24, 2.45) is 0 Å². The lowest BCUT2D eigenvalue weighted by atomic mass is 10.2. The van der Waals surface area contributed by atoms with Crippen LogP contribution in [-0.2, 0) is 14.3 Å². The minimum Gasteiger partial charge on any atom is -0.469 e. The van der Waals surface area contributed by atoms with E-state index >= 15 is 0 Å². The fourth-order valence-corrected chi connectivity index (χ4v) is 1.81. The van der Waals surface area contributed by atoms with Crippen LogP contribution in [0.15, 0.2) is 17.5 Å². The summed E-state index contributed by atoms with van der Waals surface area (Å²) in [6.45, 7) is 0. The molecule has 0 spiro atoms. The standard InChI is InChI=1S/C11H12O4S/c1-14-10(12)5-3-4-8-6-9(16-7-8)11(13)15-2/h3-4,6-7H,5H2,1-2H3. The van der Waals surface area contributed by atoms with Gasteiger partial charge in [-0.1, -0.05) is 12.2 Å². The second-order valence-electron chi connectivity index (χ2n) is 2.92. The van der Waals surface area contributed by atoms with Crippen LogP contribution in [0.4, 0.5) is 0 Å². The van der Waals surface area contributed by atoms with E-state index in [0.29, 0.717) is 4.88 Å². The molecule has 0 saturated heterocycles. The highest BCUT2D eigenvalue weighted by Crippen LogP contribution is 2.17. The Bertz CT molecular complexity index is 406. The highest BCUT2D eigenvalue weighted by Gasteiger charge is 2.07. The van der Waals surface area contributed by atoms with Crippen molar-refractivity contribution in [1.82, 2.24) is 0 Å². The van der Waals surface area contributed by atoms with Gasteiger partial charge in [0.15, 0.2) is 0 Å². The third kappa shape index (κ3) is 3.51. The number of hydrogen-bond donors (Lipinski definition) is 0. The first-order valence-electron chi connectivity index (χ1n) is 4.57. The molecule has 0 amide bonds. The predicted octanol–water partition coefficient (Wildman–Crippen LogP) is 2.11. The summed E-state index contributed by atoms with van der Waals surface area (Å²) in [5.41, 5.74) is 0.870. The van der Waals surface area contributed by atoms with Gasteiger partial charge in [-0.15, -0.1) is 11.3 Å². The number of carbonyl (C=O) groups is 2. The minimum absolute atomic E-state index is 0.222. The molecule has 0 aliphatic carbocycles. The Kier molecular flexibility index (Phi) is 4.72. The van der Waals surface area contributed by atoms with E-state index in [1.807, 2.05) is 5.38 Å². The fourth-order valence-electron chi connectivity index (χ4n) is 1.02. The molecule has 1 heterocycles. The molecule has 0 fully saturated rings. The van der Waals surface area contributed by atoms with Gasteiger partial charge in [0, 0.05) is 0 Å². The van der Waals surface area contributed by atoms with Crippen molar-refractivity contribution in [3.8, 4) is 0 Å². The van der Waals surface area contributed by atoms with E-state index in [-0.39, 0.29) is 18.4 Å². The zero-order valence-corrected chi connectivity index (χ0v) is 9.87. The van der Waals surface area contributed by atoms with Crippen LogP contribution >= 0.6 is 11.3 Å². The Morgan fingerprint density at radius 1 is 1.38 bits per heavy atom.